The highest BCUT2D eigenvalue weighted by molar-refractivity contribution is 6.18. The van der Waals surface area contributed by atoms with Gasteiger partial charge in [0.05, 0.1) is 4.92 Å². The van der Waals surface area contributed by atoms with Gasteiger partial charge in [0, 0.05) is 36.7 Å². The summed E-state index contributed by atoms with van der Waals surface area (Å²) in [6, 6.07) is 9.17. The van der Waals surface area contributed by atoms with Crippen molar-refractivity contribution < 1.29 is 48.2 Å². The third kappa shape index (κ3) is 11.8. The molecule has 4 amide bonds. The highest BCUT2D eigenvalue weighted by Crippen LogP contribution is 2.21. The molecule has 0 aliphatic heterocycles. The number of rotatable bonds is 7. The molecule has 2 rings (SSSR count). The maximum Gasteiger partial charge on any atom is 0.436 e. The van der Waals surface area contributed by atoms with Gasteiger partial charge in [-0.3, -0.25) is 14.9 Å². The number of hydrogen-bond acceptors (Lipinski definition) is 10. The number of nitro benzene ring substituents is 1. The van der Waals surface area contributed by atoms with Gasteiger partial charge in [0.2, 0.25) is 0 Å². The maximum absolute atomic E-state index is 13.4. The first-order chi connectivity index (χ1) is 21.9. The van der Waals surface area contributed by atoms with E-state index in [-0.39, 0.29) is 23.2 Å². The van der Waals surface area contributed by atoms with Crippen molar-refractivity contribution in [1.29, 1.82) is 0 Å². The number of hydrogen-bond donors (Lipinski definition) is 1. The molecule has 2 aromatic carbocycles. The Hall–Kier alpha value is -5.34. The number of benzene rings is 2. The predicted molar refractivity (Wildman–Crippen MR) is 174 cm³/mol. The smallest absolute Gasteiger partial charge is 0.436 e. The molecule has 0 aliphatic rings. The summed E-state index contributed by atoms with van der Waals surface area (Å²) in [5.74, 6) is -2.52. The number of likely N-dealkylation sites (N-methyl/N-ethyl adjacent to an activating group) is 1. The zero-order valence-electron chi connectivity index (χ0n) is 28.7. The Morgan fingerprint density at radius 3 is 1.60 bits per heavy atom. The Balaban J connectivity index is 2.56. The van der Waals surface area contributed by atoms with E-state index in [1.807, 2.05) is 0 Å². The van der Waals surface area contributed by atoms with Crippen LogP contribution < -0.4 is 0 Å². The number of carboxylic acid groups (broad SMARTS) is 1. The van der Waals surface area contributed by atoms with Crippen LogP contribution in [0, 0.1) is 10.1 Å². The molecule has 260 valence electrons. The molecule has 0 heterocycles. The number of carboxylic acids is 1. The Morgan fingerprint density at radius 2 is 1.21 bits per heavy atom. The van der Waals surface area contributed by atoms with Crippen LogP contribution in [0.5, 0.6) is 0 Å². The number of carbonyl (C=O) groups is 5. The van der Waals surface area contributed by atoms with Gasteiger partial charge in [-0.15, -0.1) is 0 Å². The zero-order valence-corrected chi connectivity index (χ0v) is 28.7. The minimum atomic E-state index is -1.34. The molecular formula is C33H42N4O11. The van der Waals surface area contributed by atoms with Gasteiger partial charge < -0.3 is 24.2 Å². The molecule has 15 nitrogen and oxygen atoms in total. The van der Waals surface area contributed by atoms with E-state index >= 15 is 0 Å². The van der Waals surface area contributed by atoms with Crippen molar-refractivity contribution in [3.63, 3.8) is 0 Å². The van der Waals surface area contributed by atoms with E-state index in [0.29, 0.717) is 10.5 Å². The largest absolute Gasteiger partial charge is 0.480 e. The molecule has 1 N–H and O–H groups in total. The number of carbonyl (C=O) groups excluding carboxylic acids is 4. The summed E-state index contributed by atoms with van der Waals surface area (Å²) < 4.78 is 16.2. The third-order valence-electron chi connectivity index (χ3n) is 5.99. The van der Waals surface area contributed by atoms with Crippen LogP contribution in [0.15, 0.2) is 53.5 Å². The summed E-state index contributed by atoms with van der Waals surface area (Å²) in [6.45, 7) is 14.3. The number of amidine groups is 1. The Morgan fingerprint density at radius 1 is 0.771 bits per heavy atom. The maximum atomic E-state index is 13.4. The normalized spacial score (nSPS) is 12.8. The fourth-order valence-electron chi connectivity index (χ4n) is 3.95. The summed E-state index contributed by atoms with van der Waals surface area (Å²) in [7, 11) is 1.29. The topological polar surface area (TPSA) is 195 Å². The van der Waals surface area contributed by atoms with E-state index in [9.17, 15) is 39.2 Å². The van der Waals surface area contributed by atoms with Crippen molar-refractivity contribution in [2.75, 3.05) is 7.05 Å². The van der Waals surface area contributed by atoms with E-state index in [2.05, 4.69) is 4.99 Å². The number of amides is 4. The first-order valence-corrected chi connectivity index (χ1v) is 14.8. The van der Waals surface area contributed by atoms with E-state index in [0.717, 1.165) is 4.90 Å². The highest BCUT2D eigenvalue weighted by Gasteiger charge is 2.37. The van der Waals surface area contributed by atoms with Crippen molar-refractivity contribution in [3.05, 3.63) is 75.3 Å². The van der Waals surface area contributed by atoms with Gasteiger partial charge in [0.25, 0.3) is 11.6 Å². The number of imide groups is 1. The summed E-state index contributed by atoms with van der Waals surface area (Å²) in [5, 5.41) is 20.9. The number of non-ortho nitro benzene ring substituents is 1. The quantitative estimate of drug-likeness (QED) is 0.115. The van der Waals surface area contributed by atoms with Crippen LogP contribution in [-0.4, -0.2) is 85.7 Å². The van der Waals surface area contributed by atoms with Crippen LogP contribution in [0.3, 0.4) is 0 Å². The molecule has 0 saturated heterocycles. The first-order valence-electron chi connectivity index (χ1n) is 14.8. The van der Waals surface area contributed by atoms with E-state index in [1.165, 1.54) is 55.6 Å². The van der Waals surface area contributed by atoms with E-state index in [4.69, 9.17) is 14.2 Å². The fourth-order valence-corrected chi connectivity index (χ4v) is 3.95. The van der Waals surface area contributed by atoms with Crippen LogP contribution in [0.1, 0.15) is 83.8 Å². The van der Waals surface area contributed by atoms with Crippen molar-refractivity contribution in [1.82, 2.24) is 9.80 Å². The second kappa shape index (κ2) is 15.0. The molecule has 0 bridgehead atoms. The Kier molecular flexibility index (Phi) is 12.2. The molecule has 0 fully saturated rings. The SMILES string of the molecule is CN(C(=O)c1ccc(C(=NC(=O)OC(C)(C)C)N(C(=O)OC(C)(C)C)C(=O)OC(C)(C)C)cc1)C(Cc1ccc([N+](=O)[O-])cc1)C(=O)O. The van der Waals surface area contributed by atoms with Crippen LogP contribution in [0.4, 0.5) is 20.1 Å². The van der Waals surface area contributed by atoms with E-state index in [1.54, 1.807) is 62.3 Å². The van der Waals surface area contributed by atoms with Gasteiger partial charge in [-0.1, -0.05) is 24.3 Å². The lowest BCUT2D eigenvalue weighted by atomic mass is 10.0. The molecule has 1 atom stereocenters. The van der Waals surface area contributed by atoms with Gasteiger partial charge in [-0.25, -0.2) is 19.2 Å². The molecule has 48 heavy (non-hydrogen) atoms. The summed E-state index contributed by atoms with van der Waals surface area (Å²) in [4.78, 5) is 81.0. The lowest BCUT2D eigenvalue weighted by molar-refractivity contribution is -0.384. The van der Waals surface area contributed by atoms with Crippen molar-refractivity contribution >= 4 is 41.7 Å². The van der Waals surface area contributed by atoms with Crippen molar-refractivity contribution in [2.24, 2.45) is 4.99 Å². The average molecular weight is 671 g/mol. The van der Waals surface area contributed by atoms with Gasteiger partial charge in [-0.2, -0.15) is 9.89 Å². The second-order valence-corrected chi connectivity index (χ2v) is 13.7. The zero-order chi connectivity index (χ0) is 36.8. The molecule has 1 unspecified atom stereocenters. The van der Waals surface area contributed by atoms with Crippen molar-refractivity contribution in [2.45, 2.75) is 91.6 Å². The molecule has 15 heteroatoms. The lowest BCUT2D eigenvalue weighted by Crippen LogP contribution is -2.47. The van der Waals surface area contributed by atoms with Crippen molar-refractivity contribution in [3.8, 4) is 0 Å². The number of aliphatic carboxylic acids is 1. The van der Waals surface area contributed by atoms with Crippen LogP contribution in [0.2, 0.25) is 0 Å². The standard InChI is InChI=1S/C33H42N4O11/c1-31(2,3)46-28(41)34-25(36(29(42)47-32(4,5)6)30(43)48-33(7,8)9)21-13-15-22(16-14-21)26(38)35(10)24(27(39)40)19-20-11-17-23(18-12-20)37(44)45/h11-18,24H,19H2,1-10H3,(H,39,40). The minimum absolute atomic E-state index is 0.0115. The second-order valence-electron chi connectivity index (χ2n) is 13.7. The van der Waals surface area contributed by atoms with Gasteiger partial charge in [-0.05, 0) is 80.0 Å². The number of aliphatic imine (C=N–C) groups is 1. The number of ether oxygens (including phenoxy) is 3. The molecule has 0 aliphatic carbocycles. The Bertz CT molecular complexity index is 1530. The van der Waals surface area contributed by atoms with Crippen LogP contribution in [-0.2, 0) is 25.4 Å². The van der Waals surface area contributed by atoms with Crippen LogP contribution >= 0.6 is 0 Å². The van der Waals surface area contributed by atoms with Gasteiger partial charge >= 0.3 is 24.2 Å². The average Bonchev–Trinajstić information content (AvgIpc) is 2.92. The number of nitrogens with zero attached hydrogens (tertiary/aromatic N) is 4. The molecule has 0 radical (unpaired) electrons. The summed E-state index contributed by atoms with van der Waals surface area (Å²) in [5.41, 5.74) is -2.79. The molecule has 0 aromatic heterocycles. The molecule has 0 saturated carbocycles. The molecular weight excluding hydrogens is 628 g/mol. The van der Waals surface area contributed by atoms with Gasteiger partial charge in [0.1, 0.15) is 22.8 Å². The fraction of sp³-hybridized carbons (Fsp3) is 0.455. The lowest BCUT2D eigenvalue weighted by Gasteiger charge is -2.29. The first kappa shape index (κ1) is 38.8. The molecule has 0 spiro atoms. The summed E-state index contributed by atoms with van der Waals surface area (Å²) in [6.07, 6.45) is -3.67. The van der Waals surface area contributed by atoms with E-state index < -0.39 is 63.8 Å². The monoisotopic (exact) mass is 670 g/mol. The molecule has 2 aromatic rings. The Labute approximate surface area is 278 Å². The van der Waals surface area contributed by atoms with Gasteiger partial charge in [0.15, 0.2) is 5.84 Å². The number of nitro groups is 1. The summed E-state index contributed by atoms with van der Waals surface area (Å²) >= 11 is 0. The van der Waals surface area contributed by atoms with Crippen LogP contribution in [0.25, 0.3) is 0 Å². The predicted octanol–water partition coefficient (Wildman–Crippen LogP) is 6.22. The highest BCUT2D eigenvalue weighted by atomic mass is 16.6. The minimum Gasteiger partial charge on any atom is -0.480 e. The third-order valence-corrected chi connectivity index (χ3v) is 5.99.